The Morgan fingerprint density at radius 3 is 2.66 bits per heavy atom. The molecule has 2 aliphatic rings. The molecule has 1 saturated heterocycles. The minimum Gasteiger partial charge on any atom is -0.467 e. The van der Waals surface area contributed by atoms with Crippen LogP contribution in [0.4, 0.5) is 5.69 Å². The monoisotopic (exact) mass is 439 g/mol. The van der Waals surface area contributed by atoms with E-state index >= 15 is 0 Å². The summed E-state index contributed by atoms with van der Waals surface area (Å²) in [6, 6.07) is 12.5. The Bertz CT molecular complexity index is 863. The number of fused-ring (bicyclic) bond motifs is 1. The van der Waals surface area contributed by atoms with Crippen molar-refractivity contribution in [1.29, 1.82) is 0 Å². The molecule has 1 aliphatic heterocycles. The summed E-state index contributed by atoms with van der Waals surface area (Å²) in [4.78, 5) is 17.4. The van der Waals surface area contributed by atoms with E-state index in [1.165, 1.54) is 11.3 Å². The van der Waals surface area contributed by atoms with Crippen molar-refractivity contribution >= 4 is 11.6 Å². The van der Waals surface area contributed by atoms with Crippen LogP contribution in [0.1, 0.15) is 63.3 Å². The molecule has 174 valence electrons. The second-order valence-corrected chi connectivity index (χ2v) is 9.24. The number of anilines is 1. The lowest BCUT2D eigenvalue weighted by molar-refractivity contribution is -0.138. The van der Waals surface area contributed by atoms with Crippen LogP contribution in [-0.4, -0.2) is 47.7 Å². The van der Waals surface area contributed by atoms with Gasteiger partial charge in [0.15, 0.2) is 0 Å². The Kier molecular flexibility index (Phi) is 7.21. The normalized spacial score (nSPS) is 25.8. The van der Waals surface area contributed by atoms with Gasteiger partial charge >= 0.3 is 0 Å². The lowest BCUT2D eigenvalue weighted by Crippen LogP contribution is -2.56. The van der Waals surface area contributed by atoms with Crippen LogP contribution >= 0.6 is 0 Å². The van der Waals surface area contributed by atoms with Crippen LogP contribution in [-0.2, 0) is 11.3 Å². The molecule has 0 unspecified atom stereocenters. The van der Waals surface area contributed by atoms with E-state index in [4.69, 9.17) is 4.42 Å². The number of hydrogen-bond donors (Lipinski definition) is 2. The molecular formula is C26H37N3O3. The first kappa shape index (κ1) is 22.9. The molecule has 4 rings (SSSR count). The van der Waals surface area contributed by atoms with Gasteiger partial charge in [0.05, 0.1) is 25.0 Å². The van der Waals surface area contributed by atoms with Gasteiger partial charge in [0.25, 0.3) is 0 Å². The molecule has 0 spiro atoms. The highest BCUT2D eigenvalue weighted by Crippen LogP contribution is 2.49. The number of hydrogen-bond acceptors (Lipinski definition) is 5. The van der Waals surface area contributed by atoms with Gasteiger partial charge in [-0.1, -0.05) is 25.0 Å². The minimum atomic E-state index is -0.623. The first-order chi connectivity index (χ1) is 15.5. The molecule has 0 bridgehead atoms. The van der Waals surface area contributed by atoms with Crippen molar-refractivity contribution in [2.75, 3.05) is 31.1 Å². The zero-order chi connectivity index (χ0) is 22.6. The maximum atomic E-state index is 12.8. The molecule has 1 amide bonds. The lowest BCUT2D eigenvalue weighted by atomic mass is 9.66. The first-order valence-corrected chi connectivity index (χ1v) is 12.1. The van der Waals surface area contributed by atoms with Crippen LogP contribution < -0.4 is 10.2 Å². The number of carbonyl (C=O) groups is 1. The highest BCUT2D eigenvalue weighted by molar-refractivity contribution is 5.78. The summed E-state index contributed by atoms with van der Waals surface area (Å²) >= 11 is 0. The van der Waals surface area contributed by atoms with Gasteiger partial charge in [-0.3, -0.25) is 9.69 Å². The van der Waals surface area contributed by atoms with Crippen LogP contribution in [0.2, 0.25) is 0 Å². The number of nitrogens with zero attached hydrogens (tertiary/aromatic N) is 2. The maximum absolute atomic E-state index is 12.8. The molecule has 1 saturated carbocycles. The van der Waals surface area contributed by atoms with E-state index in [2.05, 4.69) is 53.2 Å². The van der Waals surface area contributed by atoms with Crippen LogP contribution in [0.15, 0.2) is 47.1 Å². The topological polar surface area (TPSA) is 69.0 Å². The third-order valence-electron chi connectivity index (χ3n) is 7.42. The van der Waals surface area contributed by atoms with Crippen molar-refractivity contribution < 1.29 is 14.3 Å². The fourth-order valence-corrected chi connectivity index (χ4v) is 5.67. The van der Waals surface area contributed by atoms with E-state index in [-0.39, 0.29) is 17.9 Å². The zero-order valence-electron chi connectivity index (χ0n) is 19.4. The molecule has 1 aliphatic carbocycles. The molecule has 1 aromatic carbocycles. The van der Waals surface area contributed by atoms with Crippen LogP contribution in [0.3, 0.4) is 0 Å². The fraction of sp³-hybridized carbons (Fsp3) is 0.577. The number of likely N-dealkylation sites (tertiary alicyclic amines) is 1. The van der Waals surface area contributed by atoms with E-state index in [1.54, 1.807) is 6.26 Å². The average molecular weight is 440 g/mol. The van der Waals surface area contributed by atoms with Crippen molar-refractivity contribution in [3.8, 4) is 0 Å². The Morgan fingerprint density at radius 1 is 1.19 bits per heavy atom. The summed E-state index contributed by atoms with van der Waals surface area (Å²) in [5.74, 6) is 0.900. The molecule has 6 heteroatoms. The maximum Gasteiger partial charge on any atom is 0.234 e. The smallest absolute Gasteiger partial charge is 0.234 e. The van der Waals surface area contributed by atoms with Crippen LogP contribution in [0.5, 0.6) is 0 Å². The van der Waals surface area contributed by atoms with E-state index < -0.39 is 5.60 Å². The highest BCUT2D eigenvalue weighted by Gasteiger charge is 2.49. The molecule has 2 N–H and O–H groups in total. The molecule has 3 atom stereocenters. The Morgan fingerprint density at radius 2 is 1.97 bits per heavy atom. The molecule has 2 fully saturated rings. The summed E-state index contributed by atoms with van der Waals surface area (Å²) in [5.41, 5.74) is 1.79. The Hall–Kier alpha value is -2.31. The van der Waals surface area contributed by atoms with Gasteiger partial charge in [0.1, 0.15) is 5.76 Å². The number of benzene rings is 1. The summed E-state index contributed by atoms with van der Waals surface area (Å²) in [6.07, 6.45) is 6.45. The summed E-state index contributed by atoms with van der Waals surface area (Å²) < 4.78 is 5.33. The van der Waals surface area contributed by atoms with Crippen LogP contribution in [0, 0.1) is 5.92 Å². The molecule has 6 nitrogen and oxygen atoms in total. The SMILES string of the molecule is CCN(CC)c1ccc([C@H]2[C@@H]3CCCC[C@]3(O)CCN2CC(=O)NCc2ccco2)cc1. The quantitative estimate of drug-likeness (QED) is 0.648. The van der Waals surface area contributed by atoms with Gasteiger partial charge in [0.2, 0.25) is 5.91 Å². The highest BCUT2D eigenvalue weighted by atomic mass is 16.3. The van der Waals surface area contributed by atoms with Gasteiger partial charge in [-0.15, -0.1) is 0 Å². The van der Waals surface area contributed by atoms with Crippen molar-refractivity contribution in [3.05, 3.63) is 54.0 Å². The Labute approximate surface area is 191 Å². The number of aliphatic hydroxyl groups is 1. The van der Waals surface area contributed by atoms with Crippen molar-refractivity contribution in [3.63, 3.8) is 0 Å². The van der Waals surface area contributed by atoms with Crippen LogP contribution in [0.25, 0.3) is 0 Å². The molecular weight excluding hydrogens is 402 g/mol. The number of furan rings is 1. The third-order valence-corrected chi connectivity index (χ3v) is 7.42. The molecule has 1 aromatic heterocycles. The number of piperidine rings is 1. The minimum absolute atomic E-state index is 0.00703. The molecule has 2 heterocycles. The van der Waals surface area contributed by atoms with E-state index in [1.807, 2.05) is 12.1 Å². The second-order valence-electron chi connectivity index (χ2n) is 9.24. The second kappa shape index (κ2) is 10.1. The average Bonchev–Trinajstić information content (AvgIpc) is 3.33. The third kappa shape index (κ3) is 4.86. The van der Waals surface area contributed by atoms with Gasteiger partial charge in [-0.25, -0.2) is 0 Å². The summed E-state index contributed by atoms with van der Waals surface area (Å²) in [5, 5.41) is 14.5. The van der Waals surface area contributed by atoms with Crippen molar-refractivity contribution in [2.45, 2.75) is 64.1 Å². The van der Waals surface area contributed by atoms with E-state index in [0.717, 1.165) is 57.5 Å². The van der Waals surface area contributed by atoms with Crippen molar-refractivity contribution in [1.82, 2.24) is 10.2 Å². The number of nitrogens with one attached hydrogen (secondary N) is 1. The largest absolute Gasteiger partial charge is 0.467 e. The van der Waals surface area contributed by atoms with Gasteiger partial charge < -0.3 is 19.7 Å². The van der Waals surface area contributed by atoms with E-state index in [9.17, 15) is 9.90 Å². The Balaban J connectivity index is 1.54. The molecule has 32 heavy (non-hydrogen) atoms. The van der Waals surface area contributed by atoms with Gasteiger partial charge in [-0.05, 0) is 62.9 Å². The number of amides is 1. The summed E-state index contributed by atoms with van der Waals surface area (Å²) in [6.45, 7) is 7.75. The van der Waals surface area contributed by atoms with Crippen molar-refractivity contribution in [2.24, 2.45) is 5.92 Å². The zero-order valence-corrected chi connectivity index (χ0v) is 19.4. The van der Waals surface area contributed by atoms with Gasteiger partial charge in [0, 0.05) is 37.3 Å². The summed E-state index contributed by atoms with van der Waals surface area (Å²) in [7, 11) is 0. The van der Waals surface area contributed by atoms with Gasteiger partial charge in [-0.2, -0.15) is 0 Å². The predicted octanol–water partition coefficient (Wildman–Crippen LogP) is 4.11. The number of carbonyl (C=O) groups excluding carboxylic acids is 1. The predicted molar refractivity (Wildman–Crippen MR) is 126 cm³/mol. The molecule has 2 aromatic rings. The first-order valence-electron chi connectivity index (χ1n) is 12.1. The standard InChI is InChI=1S/C26H37N3O3/c1-3-28(4-2)21-12-10-20(11-13-21)25-23-9-5-6-14-26(23,31)15-16-29(25)19-24(30)27-18-22-8-7-17-32-22/h7-8,10-13,17,23,25,31H,3-6,9,14-16,18-19H2,1-2H3,(H,27,30)/t23-,25-,26-/m0/s1. The molecule has 0 radical (unpaired) electrons. The fourth-order valence-electron chi connectivity index (χ4n) is 5.67. The van der Waals surface area contributed by atoms with E-state index in [0.29, 0.717) is 13.1 Å². The lowest BCUT2D eigenvalue weighted by Gasteiger charge is -2.52. The number of rotatable bonds is 8.